The molecule has 446 valence electrons. The molecule has 0 heterocycles. The highest BCUT2D eigenvalue weighted by Gasteiger charge is 2.18. The average molecular weight is 1070 g/mol. The summed E-state index contributed by atoms with van der Waals surface area (Å²) in [6, 6.07) is -0.627. The van der Waals surface area contributed by atoms with Crippen LogP contribution in [0.25, 0.3) is 0 Å². The Kier molecular flexibility index (Phi) is 63.5. The smallest absolute Gasteiger partial charge is 0.305 e. The molecule has 0 saturated carbocycles. The van der Waals surface area contributed by atoms with E-state index in [4.69, 9.17) is 4.74 Å². The number of allylic oxidation sites excluding steroid dienone is 7. The summed E-state index contributed by atoms with van der Waals surface area (Å²) in [5.41, 5.74) is 0. The van der Waals surface area contributed by atoms with Gasteiger partial charge in [-0.15, -0.1) is 0 Å². The highest BCUT2D eigenvalue weighted by atomic mass is 16.5. The molecule has 0 aliphatic carbocycles. The molecule has 3 N–H and O–H groups in total. The maximum atomic E-state index is 12.5. The second kappa shape index (κ2) is 65.3. The molecule has 0 bridgehead atoms. The molecule has 0 saturated heterocycles. The molecule has 6 heteroatoms. The van der Waals surface area contributed by atoms with Gasteiger partial charge in [0.2, 0.25) is 5.91 Å². The van der Waals surface area contributed by atoms with Gasteiger partial charge in [0.05, 0.1) is 25.4 Å². The minimum Gasteiger partial charge on any atom is -0.466 e. The number of hydrogen-bond donors (Lipinski definition) is 3. The summed E-state index contributed by atoms with van der Waals surface area (Å²) in [6.07, 6.45) is 84.7. The van der Waals surface area contributed by atoms with Crippen molar-refractivity contribution < 1.29 is 24.5 Å². The number of esters is 1. The average Bonchev–Trinajstić information content (AvgIpc) is 3.42. The van der Waals surface area contributed by atoms with Crippen molar-refractivity contribution in [1.82, 2.24) is 5.32 Å². The molecule has 0 aliphatic heterocycles. The Morgan fingerprint density at radius 1 is 0.368 bits per heavy atom. The zero-order valence-electron chi connectivity index (χ0n) is 51.0. The zero-order chi connectivity index (χ0) is 55.0. The number of unbranched alkanes of at least 4 members (excludes halogenated alkanes) is 46. The van der Waals surface area contributed by atoms with E-state index in [-0.39, 0.29) is 18.5 Å². The largest absolute Gasteiger partial charge is 0.466 e. The van der Waals surface area contributed by atoms with E-state index >= 15 is 0 Å². The highest BCUT2D eigenvalue weighted by molar-refractivity contribution is 5.76. The van der Waals surface area contributed by atoms with Gasteiger partial charge in [0.1, 0.15) is 0 Å². The van der Waals surface area contributed by atoms with Crippen molar-refractivity contribution in [3.8, 4) is 0 Å². The Balaban J connectivity index is 3.38. The fourth-order valence-electron chi connectivity index (χ4n) is 10.4. The summed E-state index contributed by atoms with van der Waals surface area (Å²) in [7, 11) is 0. The third-order valence-electron chi connectivity index (χ3n) is 15.6. The molecule has 0 aromatic carbocycles. The van der Waals surface area contributed by atoms with E-state index in [9.17, 15) is 19.8 Å². The first-order valence-corrected chi connectivity index (χ1v) is 33.9. The summed E-state index contributed by atoms with van der Waals surface area (Å²) in [5, 5.41) is 23.1. The van der Waals surface area contributed by atoms with Gasteiger partial charge in [0.15, 0.2) is 0 Å². The van der Waals surface area contributed by atoms with Crippen molar-refractivity contribution in [3.05, 3.63) is 48.6 Å². The van der Waals surface area contributed by atoms with Gasteiger partial charge >= 0.3 is 5.97 Å². The van der Waals surface area contributed by atoms with Crippen LogP contribution in [0.3, 0.4) is 0 Å². The second-order valence-corrected chi connectivity index (χ2v) is 23.1. The van der Waals surface area contributed by atoms with Crippen LogP contribution in [0.5, 0.6) is 0 Å². The molecule has 0 fully saturated rings. The molecule has 2 unspecified atom stereocenters. The first-order valence-electron chi connectivity index (χ1n) is 33.9. The molecule has 0 aliphatic rings. The van der Waals surface area contributed by atoms with Crippen LogP contribution in [0.4, 0.5) is 0 Å². The van der Waals surface area contributed by atoms with Crippen LogP contribution in [0.2, 0.25) is 0 Å². The number of carbonyl (C=O) groups excluding carboxylic acids is 2. The summed E-state index contributed by atoms with van der Waals surface area (Å²) in [4.78, 5) is 24.5. The predicted molar refractivity (Wildman–Crippen MR) is 333 cm³/mol. The molecular formula is C70H131NO5. The van der Waals surface area contributed by atoms with Crippen LogP contribution >= 0.6 is 0 Å². The van der Waals surface area contributed by atoms with Crippen molar-refractivity contribution in [3.63, 3.8) is 0 Å². The molecular weight excluding hydrogens is 935 g/mol. The Morgan fingerprint density at radius 3 is 1.04 bits per heavy atom. The lowest BCUT2D eigenvalue weighted by molar-refractivity contribution is -0.143. The quantitative estimate of drug-likeness (QED) is 0.0320. The molecule has 0 rings (SSSR count). The van der Waals surface area contributed by atoms with Crippen molar-refractivity contribution in [2.24, 2.45) is 0 Å². The Morgan fingerprint density at radius 2 is 0.658 bits per heavy atom. The minimum absolute atomic E-state index is 0.00830. The lowest BCUT2D eigenvalue weighted by Gasteiger charge is -2.20. The topological polar surface area (TPSA) is 95.9 Å². The second-order valence-electron chi connectivity index (χ2n) is 23.1. The lowest BCUT2D eigenvalue weighted by Crippen LogP contribution is -2.45. The van der Waals surface area contributed by atoms with Crippen LogP contribution in [0.15, 0.2) is 48.6 Å². The molecule has 2 atom stereocenters. The van der Waals surface area contributed by atoms with Gasteiger partial charge < -0.3 is 20.3 Å². The van der Waals surface area contributed by atoms with E-state index in [1.807, 2.05) is 6.08 Å². The number of aliphatic hydroxyl groups is 2. The van der Waals surface area contributed by atoms with Gasteiger partial charge in [-0.05, 0) is 89.9 Å². The van der Waals surface area contributed by atoms with Crippen LogP contribution in [0.1, 0.15) is 361 Å². The van der Waals surface area contributed by atoms with Crippen LogP contribution in [-0.4, -0.2) is 47.4 Å². The fraction of sp³-hybridized carbons (Fsp3) is 0.857. The van der Waals surface area contributed by atoms with Gasteiger partial charge in [-0.25, -0.2) is 0 Å². The number of hydrogen-bond acceptors (Lipinski definition) is 5. The Hall–Kier alpha value is -2.18. The van der Waals surface area contributed by atoms with Gasteiger partial charge in [-0.1, -0.05) is 306 Å². The summed E-state index contributed by atoms with van der Waals surface area (Å²) in [6.45, 7) is 4.89. The Labute approximate surface area is 474 Å². The van der Waals surface area contributed by atoms with E-state index in [1.165, 1.54) is 283 Å². The maximum Gasteiger partial charge on any atom is 0.305 e. The summed E-state index contributed by atoms with van der Waals surface area (Å²) in [5.74, 6) is -0.0584. The normalized spacial score (nSPS) is 12.8. The predicted octanol–water partition coefficient (Wildman–Crippen LogP) is 21.7. The summed E-state index contributed by atoms with van der Waals surface area (Å²) >= 11 is 0. The van der Waals surface area contributed by atoms with E-state index in [2.05, 4.69) is 55.6 Å². The van der Waals surface area contributed by atoms with E-state index in [1.54, 1.807) is 6.08 Å². The molecule has 0 aromatic heterocycles. The standard InChI is InChI=1S/C70H131NO5/c1-3-5-7-9-11-13-15-17-18-32-36-40-44-48-52-56-60-64-70(75)76-65-61-57-53-49-45-41-37-34-31-29-27-25-23-21-19-20-22-24-26-28-30-33-35-39-43-47-51-55-59-63-69(74)71-67(66-72)68(73)62-58-54-50-46-42-38-16-14-12-10-8-6-4-2/h11,13,17-19,21,58,62,67-68,72-73H,3-10,12,14-16,20,22-57,59-61,63-66H2,1-2H3,(H,71,74)/b13-11-,18-17-,21-19-,62-58+. The van der Waals surface area contributed by atoms with Crippen LogP contribution in [0, 0.1) is 0 Å². The van der Waals surface area contributed by atoms with Gasteiger partial charge in [0, 0.05) is 12.8 Å². The number of carbonyl (C=O) groups is 2. The molecule has 0 radical (unpaired) electrons. The van der Waals surface area contributed by atoms with Crippen molar-refractivity contribution in [2.45, 2.75) is 373 Å². The fourth-order valence-corrected chi connectivity index (χ4v) is 10.4. The van der Waals surface area contributed by atoms with Crippen molar-refractivity contribution in [1.29, 1.82) is 0 Å². The Bertz CT molecular complexity index is 1270. The third-order valence-corrected chi connectivity index (χ3v) is 15.6. The molecule has 1 amide bonds. The number of ether oxygens (including phenoxy) is 1. The molecule has 0 aromatic rings. The van der Waals surface area contributed by atoms with Gasteiger partial charge in [0.25, 0.3) is 0 Å². The first-order chi connectivity index (χ1) is 37.5. The summed E-state index contributed by atoms with van der Waals surface area (Å²) < 4.78 is 5.50. The van der Waals surface area contributed by atoms with E-state index in [0.717, 1.165) is 51.4 Å². The van der Waals surface area contributed by atoms with Crippen LogP contribution < -0.4 is 5.32 Å². The number of rotatable bonds is 63. The van der Waals surface area contributed by atoms with Gasteiger partial charge in [-0.3, -0.25) is 9.59 Å². The van der Waals surface area contributed by atoms with E-state index < -0.39 is 12.1 Å². The third kappa shape index (κ3) is 61.0. The maximum absolute atomic E-state index is 12.5. The number of nitrogens with one attached hydrogen (secondary N) is 1. The highest BCUT2D eigenvalue weighted by Crippen LogP contribution is 2.17. The SMILES string of the molecule is CCCCC/C=C\C/C=C\CCCCCCCCCC(=O)OCCCCCCCCCCCCCC/C=C\CCCCCCCCCCCCCCCC(=O)NC(CO)C(O)/C=C/CCCCCCCCCCCCC. The molecule has 6 nitrogen and oxygen atoms in total. The zero-order valence-corrected chi connectivity index (χ0v) is 51.0. The number of aliphatic hydroxyl groups excluding tert-OH is 2. The van der Waals surface area contributed by atoms with Gasteiger partial charge in [-0.2, -0.15) is 0 Å². The van der Waals surface area contributed by atoms with Crippen molar-refractivity contribution in [2.75, 3.05) is 13.2 Å². The first kappa shape index (κ1) is 73.8. The monoisotopic (exact) mass is 1070 g/mol. The van der Waals surface area contributed by atoms with Crippen LogP contribution in [-0.2, 0) is 14.3 Å². The lowest BCUT2D eigenvalue weighted by atomic mass is 10.0. The van der Waals surface area contributed by atoms with Crippen molar-refractivity contribution >= 4 is 11.9 Å². The molecule has 76 heavy (non-hydrogen) atoms. The molecule has 0 spiro atoms. The van der Waals surface area contributed by atoms with E-state index in [0.29, 0.717) is 19.4 Å². The minimum atomic E-state index is -0.843. The number of amides is 1.